The monoisotopic (exact) mass is 282 g/mol. The highest BCUT2D eigenvalue weighted by atomic mass is 35.5. The number of benzene rings is 1. The number of nitrogens with zero attached hydrogens (tertiary/aromatic N) is 2. The summed E-state index contributed by atoms with van der Waals surface area (Å²) in [5.41, 5.74) is 0.647. The van der Waals surface area contributed by atoms with Crippen molar-refractivity contribution in [1.82, 2.24) is 15.5 Å². The van der Waals surface area contributed by atoms with Crippen molar-refractivity contribution < 1.29 is 9.15 Å². The van der Waals surface area contributed by atoms with E-state index in [2.05, 4.69) is 20.8 Å². The van der Waals surface area contributed by atoms with Crippen LogP contribution in [0, 0.1) is 0 Å². The van der Waals surface area contributed by atoms with Gasteiger partial charge in [-0.1, -0.05) is 16.7 Å². The van der Waals surface area contributed by atoms with Crippen LogP contribution in [-0.4, -0.2) is 24.4 Å². The van der Waals surface area contributed by atoms with E-state index in [1.807, 2.05) is 14.0 Å². The third-order valence-electron chi connectivity index (χ3n) is 2.66. The predicted octanol–water partition coefficient (Wildman–Crippen LogP) is 2.76. The Kier molecular flexibility index (Phi) is 4.24. The molecule has 1 heterocycles. The minimum Gasteiger partial charge on any atom is -0.497 e. The van der Waals surface area contributed by atoms with Gasteiger partial charge in [-0.05, 0) is 26.1 Å². The van der Waals surface area contributed by atoms with Crippen molar-refractivity contribution in [2.24, 2.45) is 0 Å². The molecule has 2 rings (SSSR count). The highest BCUT2D eigenvalue weighted by molar-refractivity contribution is 6.33. The molecule has 0 bridgehead atoms. The van der Waals surface area contributed by atoms with E-state index in [-0.39, 0.29) is 12.1 Å². The van der Waals surface area contributed by atoms with E-state index in [1.165, 1.54) is 0 Å². The fraction of sp³-hybridized carbons (Fsp3) is 0.333. The van der Waals surface area contributed by atoms with Crippen LogP contribution < -0.4 is 15.4 Å². The Hall–Kier alpha value is -1.79. The van der Waals surface area contributed by atoms with Crippen molar-refractivity contribution >= 4 is 23.3 Å². The van der Waals surface area contributed by atoms with Crippen LogP contribution in [0.5, 0.6) is 5.75 Å². The minimum absolute atomic E-state index is 0.0103. The summed E-state index contributed by atoms with van der Waals surface area (Å²) in [5.74, 6) is 1.19. The normalized spacial score (nSPS) is 12.2. The summed E-state index contributed by atoms with van der Waals surface area (Å²) < 4.78 is 10.6. The fourth-order valence-corrected chi connectivity index (χ4v) is 1.59. The van der Waals surface area contributed by atoms with E-state index < -0.39 is 0 Å². The van der Waals surface area contributed by atoms with Crippen LogP contribution in [0.3, 0.4) is 0 Å². The van der Waals surface area contributed by atoms with Gasteiger partial charge in [-0.25, -0.2) is 0 Å². The summed E-state index contributed by atoms with van der Waals surface area (Å²) in [6.45, 7) is 1.93. The molecule has 7 heteroatoms. The zero-order valence-corrected chi connectivity index (χ0v) is 11.7. The molecule has 2 aromatic rings. The quantitative estimate of drug-likeness (QED) is 0.878. The number of nitrogens with one attached hydrogen (secondary N) is 2. The molecule has 1 unspecified atom stereocenters. The molecule has 2 N–H and O–H groups in total. The zero-order valence-electron chi connectivity index (χ0n) is 10.9. The molecule has 0 amide bonds. The van der Waals surface area contributed by atoms with Crippen molar-refractivity contribution in [2.75, 3.05) is 19.5 Å². The summed E-state index contributed by atoms with van der Waals surface area (Å²) >= 11 is 6.08. The van der Waals surface area contributed by atoms with Gasteiger partial charge in [0.25, 0.3) is 0 Å². The van der Waals surface area contributed by atoms with Crippen LogP contribution in [0.15, 0.2) is 22.6 Å². The van der Waals surface area contributed by atoms with E-state index in [4.69, 9.17) is 20.8 Å². The first kappa shape index (κ1) is 13.6. The van der Waals surface area contributed by atoms with Gasteiger partial charge in [-0.15, -0.1) is 5.10 Å². The van der Waals surface area contributed by atoms with Crippen molar-refractivity contribution in [3.8, 4) is 5.75 Å². The minimum atomic E-state index is -0.0103. The van der Waals surface area contributed by atoms with Gasteiger partial charge < -0.3 is 19.8 Å². The summed E-state index contributed by atoms with van der Waals surface area (Å²) in [5, 5.41) is 14.4. The summed E-state index contributed by atoms with van der Waals surface area (Å²) in [6.07, 6.45) is 0. The lowest BCUT2D eigenvalue weighted by Crippen LogP contribution is -2.12. The second-order valence-corrected chi connectivity index (χ2v) is 4.33. The van der Waals surface area contributed by atoms with E-state index in [9.17, 15) is 0 Å². The third-order valence-corrected chi connectivity index (χ3v) is 2.99. The Morgan fingerprint density at radius 3 is 2.84 bits per heavy atom. The average Bonchev–Trinajstić information content (AvgIpc) is 2.89. The van der Waals surface area contributed by atoms with Crippen LogP contribution in [0.25, 0.3) is 0 Å². The Labute approximate surface area is 116 Å². The van der Waals surface area contributed by atoms with Gasteiger partial charge in [0.05, 0.1) is 23.9 Å². The lowest BCUT2D eigenvalue weighted by atomic mass is 10.3. The number of hydrogen-bond donors (Lipinski definition) is 2. The molecule has 0 aliphatic rings. The zero-order chi connectivity index (χ0) is 13.8. The van der Waals surface area contributed by atoms with Crippen LogP contribution >= 0.6 is 11.6 Å². The van der Waals surface area contributed by atoms with Crippen molar-refractivity contribution in [3.05, 3.63) is 29.1 Å². The fourth-order valence-electron chi connectivity index (χ4n) is 1.43. The molecule has 0 aliphatic heterocycles. The molecule has 0 aliphatic carbocycles. The van der Waals surface area contributed by atoms with Crippen LogP contribution in [0.2, 0.25) is 5.02 Å². The molecule has 0 saturated heterocycles. The highest BCUT2D eigenvalue weighted by Crippen LogP contribution is 2.29. The van der Waals surface area contributed by atoms with Crippen molar-refractivity contribution in [1.29, 1.82) is 0 Å². The number of anilines is 2. The van der Waals surface area contributed by atoms with Gasteiger partial charge in [0.15, 0.2) is 0 Å². The SMILES string of the molecule is CNC(C)c1nnc(Nc2cc(OC)ccc2Cl)o1. The van der Waals surface area contributed by atoms with Crippen LogP contribution in [0.1, 0.15) is 18.9 Å². The van der Waals surface area contributed by atoms with Gasteiger partial charge >= 0.3 is 6.01 Å². The van der Waals surface area contributed by atoms with Gasteiger partial charge in [0, 0.05) is 6.07 Å². The Morgan fingerprint density at radius 2 is 2.16 bits per heavy atom. The molecule has 102 valence electrons. The molecule has 0 saturated carbocycles. The first-order valence-electron chi connectivity index (χ1n) is 5.75. The lowest BCUT2D eigenvalue weighted by molar-refractivity contribution is 0.415. The predicted molar refractivity (Wildman–Crippen MR) is 73.1 cm³/mol. The maximum Gasteiger partial charge on any atom is 0.320 e. The van der Waals surface area contributed by atoms with E-state index in [0.717, 1.165) is 0 Å². The van der Waals surface area contributed by atoms with Crippen molar-refractivity contribution in [2.45, 2.75) is 13.0 Å². The molecule has 1 atom stereocenters. The number of ether oxygens (including phenoxy) is 1. The first-order valence-corrected chi connectivity index (χ1v) is 6.13. The van der Waals surface area contributed by atoms with Gasteiger partial charge in [-0.3, -0.25) is 0 Å². The molecule has 0 fully saturated rings. The maximum absolute atomic E-state index is 6.08. The van der Waals surface area contributed by atoms with E-state index in [1.54, 1.807) is 25.3 Å². The summed E-state index contributed by atoms with van der Waals surface area (Å²) in [7, 11) is 3.41. The Morgan fingerprint density at radius 1 is 1.37 bits per heavy atom. The average molecular weight is 283 g/mol. The topological polar surface area (TPSA) is 72.2 Å². The van der Waals surface area contributed by atoms with Gasteiger partial charge in [-0.2, -0.15) is 0 Å². The molecule has 19 heavy (non-hydrogen) atoms. The number of hydrogen-bond acceptors (Lipinski definition) is 6. The Balaban J connectivity index is 2.19. The Bertz CT molecular complexity index is 558. The number of aromatic nitrogens is 2. The smallest absolute Gasteiger partial charge is 0.320 e. The number of halogens is 1. The molecule has 0 radical (unpaired) electrons. The van der Waals surface area contributed by atoms with Gasteiger partial charge in [0.2, 0.25) is 5.89 Å². The second-order valence-electron chi connectivity index (χ2n) is 3.93. The second kappa shape index (κ2) is 5.90. The van der Waals surface area contributed by atoms with Gasteiger partial charge in [0.1, 0.15) is 5.75 Å². The molecule has 1 aromatic heterocycles. The molecule has 0 spiro atoms. The summed E-state index contributed by atoms with van der Waals surface area (Å²) in [6, 6.07) is 5.54. The van der Waals surface area contributed by atoms with Crippen LogP contribution in [-0.2, 0) is 0 Å². The highest BCUT2D eigenvalue weighted by Gasteiger charge is 2.13. The maximum atomic E-state index is 6.08. The molecular formula is C12H15ClN4O2. The number of rotatable bonds is 5. The third kappa shape index (κ3) is 3.15. The largest absolute Gasteiger partial charge is 0.497 e. The first-order chi connectivity index (χ1) is 9.13. The molecule has 1 aromatic carbocycles. The van der Waals surface area contributed by atoms with Crippen molar-refractivity contribution in [3.63, 3.8) is 0 Å². The molecule has 6 nitrogen and oxygen atoms in total. The van der Waals surface area contributed by atoms with Crippen LogP contribution in [0.4, 0.5) is 11.7 Å². The standard InChI is InChI=1S/C12H15ClN4O2/c1-7(14-2)11-16-17-12(19-11)15-10-6-8(18-3)4-5-9(10)13/h4-7,14H,1-3H3,(H,15,17). The molecular weight excluding hydrogens is 268 g/mol. The summed E-state index contributed by atoms with van der Waals surface area (Å²) in [4.78, 5) is 0. The number of methoxy groups -OCH3 is 1. The lowest BCUT2D eigenvalue weighted by Gasteiger charge is -2.07. The van der Waals surface area contributed by atoms with E-state index in [0.29, 0.717) is 22.4 Å². The van der Waals surface area contributed by atoms with E-state index >= 15 is 0 Å².